The third kappa shape index (κ3) is 2.27. The lowest BCUT2D eigenvalue weighted by Crippen LogP contribution is -2.63. The molecule has 0 spiro atoms. The van der Waals surface area contributed by atoms with Crippen molar-refractivity contribution in [3.63, 3.8) is 0 Å². The van der Waals surface area contributed by atoms with Crippen LogP contribution in [0.3, 0.4) is 0 Å². The van der Waals surface area contributed by atoms with Crippen molar-refractivity contribution in [2.75, 3.05) is 13.1 Å². The Morgan fingerprint density at radius 3 is 2.67 bits per heavy atom. The van der Waals surface area contributed by atoms with Gasteiger partial charge < -0.3 is 5.32 Å². The standard InChI is InChI=1S/C13H12F3N3OS/c14-13(15,16)12(9-5-2-1-3-6-9)18-10(20)19-8-4-7-17-11(19)21-12/h1-3,5-6H,4,7-8H2,(H,18,20)/t12-/m1/s1. The minimum atomic E-state index is -4.64. The molecule has 1 saturated heterocycles. The zero-order valence-electron chi connectivity index (χ0n) is 10.9. The van der Waals surface area contributed by atoms with Gasteiger partial charge in [0.05, 0.1) is 0 Å². The van der Waals surface area contributed by atoms with Crippen LogP contribution < -0.4 is 5.32 Å². The average Bonchev–Trinajstić information content (AvgIpc) is 2.47. The number of hydrogen-bond acceptors (Lipinski definition) is 3. The number of thioether (sulfide) groups is 1. The minimum absolute atomic E-state index is 0.0104. The molecular formula is C13H12F3N3OS. The van der Waals surface area contributed by atoms with E-state index in [1.165, 1.54) is 29.2 Å². The quantitative estimate of drug-likeness (QED) is 0.866. The number of urea groups is 1. The monoisotopic (exact) mass is 315 g/mol. The van der Waals surface area contributed by atoms with Gasteiger partial charge in [0.15, 0.2) is 5.17 Å². The Morgan fingerprint density at radius 2 is 2.00 bits per heavy atom. The fraction of sp³-hybridized carbons (Fsp3) is 0.385. The van der Waals surface area contributed by atoms with E-state index in [0.29, 0.717) is 31.3 Å². The van der Waals surface area contributed by atoms with E-state index in [1.54, 1.807) is 6.07 Å². The van der Waals surface area contributed by atoms with Crippen LogP contribution >= 0.6 is 11.8 Å². The fourth-order valence-electron chi connectivity index (χ4n) is 2.34. The number of amides is 2. The average molecular weight is 315 g/mol. The van der Waals surface area contributed by atoms with Crippen molar-refractivity contribution in [3.05, 3.63) is 35.9 Å². The summed E-state index contributed by atoms with van der Waals surface area (Å²) in [6, 6.07) is 6.63. The van der Waals surface area contributed by atoms with Crippen molar-refractivity contribution in [2.45, 2.75) is 17.5 Å². The number of carbonyl (C=O) groups is 1. The predicted molar refractivity (Wildman–Crippen MR) is 73.9 cm³/mol. The van der Waals surface area contributed by atoms with Crippen molar-refractivity contribution >= 4 is 23.0 Å². The molecule has 4 nitrogen and oxygen atoms in total. The molecule has 0 unspecified atom stereocenters. The van der Waals surface area contributed by atoms with Crippen LogP contribution in [0.4, 0.5) is 18.0 Å². The van der Waals surface area contributed by atoms with Crippen LogP contribution in [0.1, 0.15) is 12.0 Å². The van der Waals surface area contributed by atoms with E-state index < -0.39 is 17.1 Å². The Morgan fingerprint density at radius 1 is 1.29 bits per heavy atom. The number of amidine groups is 1. The van der Waals surface area contributed by atoms with Gasteiger partial charge in [-0.05, 0) is 23.7 Å². The minimum Gasteiger partial charge on any atom is -0.311 e. The van der Waals surface area contributed by atoms with Crippen molar-refractivity contribution in [1.29, 1.82) is 0 Å². The number of rotatable bonds is 1. The van der Waals surface area contributed by atoms with Crippen LogP contribution in [-0.2, 0) is 4.87 Å². The molecule has 0 bridgehead atoms. The first kappa shape index (κ1) is 14.2. The highest BCUT2D eigenvalue weighted by Gasteiger charge is 2.62. The number of benzene rings is 1. The Hall–Kier alpha value is -1.70. The lowest BCUT2D eigenvalue weighted by molar-refractivity contribution is -0.167. The zero-order valence-corrected chi connectivity index (χ0v) is 11.7. The summed E-state index contributed by atoms with van der Waals surface area (Å²) in [7, 11) is 0. The fourth-order valence-corrected chi connectivity index (χ4v) is 3.56. The van der Waals surface area contributed by atoms with E-state index in [9.17, 15) is 18.0 Å². The van der Waals surface area contributed by atoms with Crippen LogP contribution in [0.25, 0.3) is 0 Å². The molecule has 1 aromatic rings. The summed E-state index contributed by atoms with van der Waals surface area (Å²) in [5.74, 6) is 0. The molecule has 112 valence electrons. The van der Waals surface area contributed by atoms with Gasteiger partial charge in [0, 0.05) is 13.1 Å². The number of alkyl halides is 3. The molecule has 1 aromatic carbocycles. The van der Waals surface area contributed by atoms with Crippen LogP contribution in [0.2, 0.25) is 0 Å². The smallest absolute Gasteiger partial charge is 0.311 e. The second-order valence-electron chi connectivity index (χ2n) is 4.75. The Balaban J connectivity index is 2.10. The van der Waals surface area contributed by atoms with Crippen LogP contribution in [0, 0.1) is 0 Å². The Bertz CT molecular complexity index is 590. The van der Waals surface area contributed by atoms with Gasteiger partial charge in [-0.25, -0.2) is 4.79 Å². The summed E-state index contributed by atoms with van der Waals surface area (Å²) in [5, 5.41) is 2.26. The van der Waals surface area contributed by atoms with Crippen LogP contribution in [0.5, 0.6) is 0 Å². The van der Waals surface area contributed by atoms with Crippen LogP contribution in [-0.4, -0.2) is 35.4 Å². The van der Waals surface area contributed by atoms with Gasteiger partial charge >= 0.3 is 12.2 Å². The number of nitrogens with zero attached hydrogens (tertiary/aromatic N) is 2. The molecule has 2 aliphatic rings. The number of aliphatic imine (C=N–C) groups is 1. The number of nitrogens with one attached hydrogen (secondary N) is 1. The second kappa shape index (κ2) is 4.94. The molecule has 2 heterocycles. The number of carbonyl (C=O) groups excluding carboxylic acids is 1. The van der Waals surface area contributed by atoms with Gasteiger partial charge in [-0.15, -0.1) is 0 Å². The molecule has 0 radical (unpaired) electrons. The first-order valence-electron chi connectivity index (χ1n) is 6.39. The van der Waals surface area contributed by atoms with Crippen molar-refractivity contribution in [1.82, 2.24) is 10.2 Å². The van der Waals surface area contributed by atoms with Gasteiger partial charge in [0.1, 0.15) is 0 Å². The van der Waals surface area contributed by atoms with Crippen molar-refractivity contribution in [3.8, 4) is 0 Å². The zero-order chi connectivity index (χ0) is 15.1. The third-order valence-corrected chi connectivity index (χ3v) is 4.78. The maximum atomic E-state index is 13.7. The maximum absolute atomic E-state index is 13.7. The molecule has 0 saturated carbocycles. The largest absolute Gasteiger partial charge is 0.425 e. The number of halogens is 3. The predicted octanol–water partition coefficient (Wildman–Crippen LogP) is 2.92. The highest BCUT2D eigenvalue weighted by molar-refractivity contribution is 8.14. The van der Waals surface area contributed by atoms with Gasteiger partial charge in [0.25, 0.3) is 0 Å². The third-order valence-electron chi connectivity index (χ3n) is 3.37. The Kier molecular flexibility index (Phi) is 3.35. The first-order chi connectivity index (χ1) is 9.94. The molecule has 2 amide bonds. The number of fused-ring (bicyclic) bond motifs is 1. The second-order valence-corrected chi connectivity index (χ2v) is 5.93. The van der Waals surface area contributed by atoms with Crippen molar-refractivity contribution < 1.29 is 18.0 Å². The molecule has 1 atom stereocenters. The maximum Gasteiger partial charge on any atom is 0.425 e. The van der Waals surface area contributed by atoms with Gasteiger partial charge in [-0.3, -0.25) is 9.89 Å². The van der Waals surface area contributed by atoms with Crippen molar-refractivity contribution in [2.24, 2.45) is 4.99 Å². The van der Waals surface area contributed by atoms with E-state index >= 15 is 0 Å². The molecule has 0 aromatic heterocycles. The summed E-state index contributed by atoms with van der Waals surface area (Å²) in [6.45, 7) is 0.829. The first-order valence-corrected chi connectivity index (χ1v) is 7.21. The molecule has 2 aliphatic heterocycles. The lowest BCUT2D eigenvalue weighted by atomic mass is 10.1. The summed E-state index contributed by atoms with van der Waals surface area (Å²) in [4.78, 5) is 14.9. The van der Waals surface area contributed by atoms with Crippen LogP contribution in [0.15, 0.2) is 35.3 Å². The SMILES string of the molecule is O=C1N[C@@](c2ccccc2)(C(F)(F)F)SC2=NCCCN12. The summed E-state index contributed by atoms with van der Waals surface area (Å²) < 4.78 is 41.1. The molecular weight excluding hydrogens is 303 g/mol. The molecule has 8 heteroatoms. The Labute approximate surface area is 123 Å². The molecule has 1 fully saturated rings. The van der Waals surface area contributed by atoms with Gasteiger partial charge in [-0.2, -0.15) is 13.2 Å². The molecule has 21 heavy (non-hydrogen) atoms. The highest BCUT2D eigenvalue weighted by Crippen LogP contribution is 2.50. The molecule has 1 N–H and O–H groups in total. The number of hydrogen-bond donors (Lipinski definition) is 1. The summed E-state index contributed by atoms with van der Waals surface area (Å²) >= 11 is 0.546. The van der Waals surface area contributed by atoms with Gasteiger partial charge in [0.2, 0.25) is 4.87 Å². The summed E-state index contributed by atoms with van der Waals surface area (Å²) in [5.41, 5.74) is -0.0104. The van der Waals surface area contributed by atoms with Gasteiger partial charge in [-0.1, -0.05) is 30.3 Å². The highest BCUT2D eigenvalue weighted by atomic mass is 32.2. The molecule has 0 aliphatic carbocycles. The van der Waals surface area contributed by atoms with E-state index in [-0.39, 0.29) is 10.7 Å². The topological polar surface area (TPSA) is 44.7 Å². The normalized spacial score (nSPS) is 26.0. The van der Waals surface area contributed by atoms with E-state index in [0.717, 1.165) is 0 Å². The van der Waals surface area contributed by atoms with E-state index in [2.05, 4.69) is 10.3 Å². The van der Waals surface area contributed by atoms with E-state index in [1.807, 2.05) is 0 Å². The summed E-state index contributed by atoms with van der Waals surface area (Å²) in [6.07, 6.45) is -3.98. The lowest BCUT2D eigenvalue weighted by Gasteiger charge is -2.44. The molecule has 3 rings (SSSR count). The van der Waals surface area contributed by atoms with E-state index in [4.69, 9.17) is 0 Å².